The number of benzene rings is 1. The number of fused-ring (bicyclic) bond motifs is 1. The monoisotopic (exact) mass is 688 g/mol. The molecule has 2 aromatic rings. The SMILES string of the molecule is C=S(O)ON1C(=O)C(NC(=O)/C(=N\OC(C)C2CCc3cc(C(N)=NC4CCC(CNC)CC4)ccc3O2)c2csc(N)n2)C1(C)C. The lowest BCUT2D eigenvalue weighted by atomic mass is 9.84. The molecule has 2 amide bonds. The van der Waals surface area contributed by atoms with E-state index in [1.54, 1.807) is 19.2 Å². The van der Waals surface area contributed by atoms with E-state index in [1.807, 2.05) is 32.2 Å². The van der Waals surface area contributed by atoms with Gasteiger partial charge in [-0.15, -0.1) is 11.3 Å². The minimum atomic E-state index is -1.70. The van der Waals surface area contributed by atoms with Crippen LogP contribution >= 0.6 is 22.4 Å². The van der Waals surface area contributed by atoms with E-state index in [9.17, 15) is 14.1 Å². The molecule has 1 saturated heterocycles. The highest BCUT2D eigenvalue weighted by molar-refractivity contribution is 8.04. The van der Waals surface area contributed by atoms with Crippen LogP contribution in [0.1, 0.15) is 69.7 Å². The Balaban J connectivity index is 1.22. The Morgan fingerprint density at radius 2 is 2.06 bits per heavy atom. The number of β-lactam (4-membered cyclic amide) rings is 1. The number of nitrogens with zero attached hydrogens (tertiary/aromatic N) is 4. The summed E-state index contributed by atoms with van der Waals surface area (Å²) in [6.45, 7) is 6.23. The number of amides is 2. The number of hydrogen-bond acceptors (Lipinski definition) is 12. The number of carbonyl (C=O) groups excluding carboxylic acids is 2. The predicted octanol–water partition coefficient (Wildman–Crippen LogP) is 2.84. The molecule has 7 N–H and O–H groups in total. The maximum Gasteiger partial charge on any atom is 0.276 e. The van der Waals surface area contributed by atoms with Crippen molar-refractivity contribution in [1.82, 2.24) is 20.7 Å². The Morgan fingerprint density at radius 3 is 2.70 bits per heavy atom. The fourth-order valence-electron chi connectivity index (χ4n) is 6.15. The first-order valence-corrected chi connectivity index (χ1v) is 17.8. The van der Waals surface area contributed by atoms with Gasteiger partial charge in [0.25, 0.3) is 11.8 Å². The zero-order valence-electron chi connectivity index (χ0n) is 27.1. The number of rotatable bonds is 12. The van der Waals surface area contributed by atoms with Crippen LogP contribution in [0.3, 0.4) is 0 Å². The lowest BCUT2D eigenvalue weighted by Crippen LogP contribution is -2.76. The van der Waals surface area contributed by atoms with E-state index in [-0.39, 0.29) is 28.7 Å². The molecule has 3 heterocycles. The van der Waals surface area contributed by atoms with Crippen LogP contribution in [0.5, 0.6) is 5.75 Å². The van der Waals surface area contributed by atoms with Crippen LogP contribution in [0.25, 0.3) is 0 Å². The van der Waals surface area contributed by atoms with Gasteiger partial charge >= 0.3 is 0 Å². The van der Waals surface area contributed by atoms with Crippen LogP contribution in [0.4, 0.5) is 5.13 Å². The number of ether oxygens (including phenoxy) is 1. The van der Waals surface area contributed by atoms with E-state index in [0.29, 0.717) is 18.2 Å². The molecule has 5 rings (SSSR count). The van der Waals surface area contributed by atoms with Crippen molar-refractivity contribution in [3.05, 3.63) is 40.4 Å². The molecule has 1 aromatic carbocycles. The molecule has 16 heteroatoms. The van der Waals surface area contributed by atoms with E-state index >= 15 is 0 Å². The number of oxime groups is 1. The summed E-state index contributed by atoms with van der Waals surface area (Å²) in [5, 5.41) is 12.9. The van der Waals surface area contributed by atoms with Crippen molar-refractivity contribution >= 4 is 56.7 Å². The minimum Gasteiger partial charge on any atom is -0.486 e. The molecule has 4 atom stereocenters. The van der Waals surface area contributed by atoms with Gasteiger partial charge in [0.1, 0.15) is 29.4 Å². The number of anilines is 1. The molecule has 1 saturated carbocycles. The zero-order chi connectivity index (χ0) is 33.9. The predicted molar refractivity (Wildman–Crippen MR) is 184 cm³/mol. The maximum atomic E-state index is 13.4. The van der Waals surface area contributed by atoms with Crippen molar-refractivity contribution in [2.45, 2.75) is 89.1 Å². The first-order valence-electron chi connectivity index (χ1n) is 15.7. The lowest BCUT2D eigenvalue weighted by molar-refractivity contribution is -0.214. The van der Waals surface area contributed by atoms with E-state index in [2.05, 4.69) is 26.6 Å². The molecule has 1 aromatic heterocycles. The Labute approximate surface area is 281 Å². The van der Waals surface area contributed by atoms with Crippen LogP contribution in [0.2, 0.25) is 0 Å². The number of nitrogen functional groups attached to an aromatic ring is 1. The highest BCUT2D eigenvalue weighted by Gasteiger charge is 2.57. The number of nitrogens with one attached hydrogen (secondary N) is 2. The van der Waals surface area contributed by atoms with Gasteiger partial charge in [-0.05, 0) is 108 Å². The molecular formula is C31H44N8O6S2. The molecule has 2 aliphatic heterocycles. The first kappa shape index (κ1) is 34.8. The second-order valence-corrected chi connectivity index (χ2v) is 14.4. The van der Waals surface area contributed by atoms with Crippen molar-refractivity contribution in [2.24, 2.45) is 21.8 Å². The smallest absolute Gasteiger partial charge is 0.276 e. The van der Waals surface area contributed by atoms with Crippen molar-refractivity contribution < 1.29 is 28.0 Å². The summed E-state index contributed by atoms with van der Waals surface area (Å²) >= 11 is -0.563. The molecule has 3 aliphatic rings. The molecule has 47 heavy (non-hydrogen) atoms. The number of hydroxylamine groups is 2. The first-order chi connectivity index (χ1) is 22.4. The third-order valence-corrected chi connectivity index (χ3v) is 9.89. The van der Waals surface area contributed by atoms with Gasteiger partial charge in [0, 0.05) is 10.9 Å². The van der Waals surface area contributed by atoms with Crippen LogP contribution in [-0.2, 0) is 25.1 Å². The topological polar surface area (TPSA) is 199 Å². The summed E-state index contributed by atoms with van der Waals surface area (Å²) in [4.78, 5) is 40.9. The standard InChI is InChI=1S/C31H44N8O6S2/c1-17(23-12-8-19-14-20(9-13-24(19)43-23)27(32)35-21-10-6-18(7-11-21)15-34-4)44-38-25(22-16-46-30(33)36-22)28(40)37-26-29(41)39(31(26,2)3)45-47(5)42/h9,13-14,16-18,21,23,26,34,42H,5-8,10-12,15H2,1-4H3,(H2,32,35)(H2,33,36)(H,37,40)/b38-25-. The van der Waals surface area contributed by atoms with E-state index < -0.39 is 40.5 Å². The van der Waals surface area contributed by atoms with Crippen LogP contribution in [0.15, 0.2) is 33.7 Å². The Hall–Kier alpha value is -3.57. The molecule has 2 fully saturated rings. The molecule has 0 bridgehead atoms. The minimum absolute atomic E-state index is 0.141. The molecule has 14 nitrogen and oxygen atoms in total. The Kier molecular flexibility index (Phi) is 10.9. The number of thiazole rings is 1. The lowest BCUT2D eigenvalue weighted by Gasteiger charge is -2.51. The third kappa shape index (κ3) is 7.95. The van der Waals surface area contributed by atoms with Crippen molar-refractivity contribution in [3.63, 3.8) is 0 Å². The zero-order valence-corrected chi connectivity index (χ0v) is 28.7. The number of nitrogens with two attached hydrogens (primary N) is 2. The van der Waals surface area contributed by atoms with Crippen LogP contribution in [0, 0.1) is 5.92 Å². The number of hydrogen-bond donors (Lipinski definition) is 5. The van der Waals surface area contributed by atoms with Gasteiger partial charge in [-0.3, -0.25) is 14.6 Å². The fraction of sp³-hybridized carbons (Fsp3) is 0.548. The van der Waals surface area contributed by atoms with E-state index in [4.69, 9.17) is 30.3 Å². The van der Waals surface area contributed by atoms with Gasteiger partial charge < -0.3 is 36.2 Å². The summed E-state index contributed by atoms with van der Waals surface area (Å²) in [6, 6.07) is 5.19. The molecule has 4 unspecified atom stereocenters. The van der Waals surface area contributed by atoms with Gasteiger partial charge in [0.2, 0.25) is 0 Å². The third-order valence-electron chi connectivity index (χ3n) is 8.89. The van der Waals surface area contributed by atoms with Crippen LogP contribution in [-0.4, -0.2) is 87.3 Å². The average molecular weight is 689 g/mol. The van der Waals surface area contributed by atoms with Gasteiger partial charge in [-0.1, -0.05) is 5.16 Å². The summed E-state index contributed by atoms with van der Waals surface area (Å²) in [7, 11) is 2.00. The average Bonchev–Trinajstić information content (AvgIpc) is 3.48. The van der Waals surface area contributed by atoms with Gasteiger partial charge in [0.05, 0.1) is 22.6 Å². The molecular weight excluding hydrogens is 645 g/mol. The second-order valence-electron chi connectivity index (χ2n) is 12.7. The molecule has 0 spiro atoms. The number of aromatic nitrogens is 1. The fourth-order valence-corrected chi connectivity index (χ4v) is 7.14. The Bertz CT molecular complexity index is 1550. The summed E-state index contributed by atoms with van der Waals surface area (Å²) in [6.07, 6.45) is 4.94. The summed E-state index contributed by atoms with van der Waals surface area (Å²) in [5.41, 5.74) is 13.3. The van der Waals surface area contributed by atoms with E-state index in [0.717, 1.165) is 71.9 Å². The molecule has 0 radical (unpaired) electrons. The van der Waals surface area contributed by atoms with Gasteiger partial charge in [-0.2, -0.15) is 9.35 Å². The van der Waals surface area contributed by atoms with E-state index in [1.165, 1.54) is 0 Å². The summed E-state index contributed by atoms with van der Waals surface area (Å²) in [5.74, 6) is 4.13. The molecule has 1 aliphatic carbocycles. The highest BCUT2D eigenvalue weighted by atomic mass is 32.2. The van der Waals surface area contributed by atoms with Gasteiger partial charge in [-0.25, -0.2) is 4.98 Å². The largest absolute Gasteiger partial charge is 0.486 e. The Morgan fingerprint density at radius 1 is 1.32 bits per heavy atom. The normalized spacial score (nSPS) is 25.6. The molecule has 256 valence electrons. The van der Waals surface area contributed by atoms with Crippen molar-refractivity contribution in [3.8, 4) is 5.75 Å². The number of aryl methyl sites for hydroxylation is 1. The second kappa shape index (κ2) is 14.7. The van der Waals surface area contributed by atoms with Crippen molar-refractivity contribution in [2.75, 3.05) is 19.3 Å². The number of carbonyl (C=O) groups is 2. The van der Waals surface area contributed by atoms with Gasteiger partial charge in [0.15, 0.2) is 16.9 Å². The number of aliphatic imine (C=N–C) groups is 1. The summed E-state index contributed by atoms with van der Waals surface area (Å²) < 4.78 is 20.9. The number of amidine groups is 1. The quantitative estimate of drug-likeness (QED) is 0.0727. The highest BCUT2D eigenvalue weighted by Crippen LogP contribution is 2.35. The van der Waals surface area contributed by atoms with Crippen LogP contribution < -0.4 is 26.8 Å². The maximum absolute atomic E-state index is 13.4. The van der Waals surface area contributed by atoms with Crippen molar-refractivity contribution in [1.29, 1.82) is 0 Å².